The van der Waals surface area contributed by atoms with Gasteiger partial charge in [-0.2, -0.15) is 5.06 Å². The van der Waals surface area contributed by atoms with Gasteiger partial charge >= 0.3 is 0 Å². The number of rotatable bonds is 16. The van der Waals surface area contributed by atoms with E-state index in [0.29, 0.717) is 48.8 Å². The molecule has 7 rings (SSSR count). The Morgan fingerprint density at radius 2 is 1.79 bits per heavy atom. The van der Waals surface area contributed by atoms with Crippen molar-refractivity contribution in [3.63, 3.8) is 0 Å². The van der Waals surface area contributed by atoms with Gasteiger partial charge in [0.2, 0.25) is 5.91 Å². The van der Waals surface area contributed by atoms with E-state index in [1.807, 2.05) is 92.6 Å². The second-order valence-corrected chi connectivity index (χ2v) is 17.3. The molecule has 1 saturated heterocycles. The summed E-state index contributed by atoms with van der Waals surface area (Å²) in [5.74, 6) is 1.06. The van der Waals surface area contributed by atoms with Crippen LogP contribution < -0.4 is 20.3 Å². The monoisotopic (exact) mass is 769 g/mol. The van der Waals surface area contributed by atoms with Gasteiger partial charge in [-0.1, -0.05) is 69.3 Å². The van der Waals surface area contributed by atoms with Crippen LogP contribution in [0.25, 0.3) is 11.1 Å². The number of carbonyl (C=O) groups is 2. The second kappa shape index (κ2) is 17.6. The number of benzene rings is 3. The zero-order chi connectivity index (χ0) is 40.3. The molecule has 1 heterocycles. The number of fused-ring (bicyclic) bond motifs is 2. The lowest BCUT2D eigenvalue weighted by Crippen LogP contribution is -2.62. The molecule has 3 saturated carbocycles. The van der Waals surface area contributed by atoms with E-state index in [2.05, 4.69) is 43.5 Å². The fourth-order valence-electron chi connectivity index (χ4n) is 9.31. The van der Waals surface area contributed by atoms with E-state index in [4.69, 9.17) is 9.57 Å². The quantitative estimate of drug-likeness (QED) is 0.160. The first-order chi connectivity index (χ1) is 26.7. The summed E-state index contributed by atoms with van der Waals surface area (Å²) in [6.45, 7) is 9.98. The molecule has 3 aliphatic carbocycles. The lowest BCUT2D eigenvalue weighted by atomic mass is 9.45. The van der Waals surface area contributed by atoms with E-state index in [9.17, 15) is 19.8 Å². The van der Waals surface area contributed by atoms with Crippen molar-refractivity contribution in [2.45, 2.75) is 77.8 Å². The van der Waals surface area contributed by atoms with Gasteiger partial charge in [-0.05, 0) is 92.8 Å². The first-order valence-corrected chi connectivity index (χ1v) is 20.3. The van der Waals surface area contributed by atoms with Crippen molar-refractivity contribution < 1.29 is 29.4 Å². The standard InChI is InChI=1S/C45H63N5O6/c1-28-37-24-34(45(37,3)4)25-38(28)47-44(54)41-40(29(2)52)39(27-51)56-50(41)26-31-15-12-16-36(42(31)55-20-19-48(5)6)32-21-33(23-35(22-32)49(7)8)43(53)46-18-17-30-13-10-9-11-14-30/h9-16,21-23,28-29,34,37-41,51-52H,17-20,24-27H2,1-8H3,(H,46,53)(H,47,54)/t28-,29-,34+,37-,38+,39-,40+,41-/m0/s1. The van der Waals surface area contributed by atoms with E-state index in [1.54, 1.807) is 12.0 Å². The van der Waals surface area contributed by atoms with E-state index in [1.165, 1.54) is 6.42 Å². The molecule has 0 radical (unpaired) electrons. The van der Waals surface area contributed by atoms with Crippen molar-refractivity contribution in [3.05, 3.63) is 83.4 Å². The minimum atomic E-state index is -0.905. The smallest absolute Gasteiger partial charge is 0.251 e. The van der Waals surface area contributed by atoms with Gasteiger partial charge in [0.15, 0.2) is 0 Å². The summed E-state index contributed by atoms with van der Waals surface area (Å²) < 4.78 is 6.62. The third kappa shape index (κ3) is 8.92. The SMILES string of the molecule is C[C@@H]1[C@H](NC(=O)[C@@H]2[C@H]([C@H](C)O)[C@H](CO)ON2Cc2cccc(-c3cc(C(=O)NCCc4ccccc4)cc(N(C)C)c3)c2OCCN(C)C)C[C@H]2C[C@@H]1C2(C)C. The van der Waals surface area contributed by atoms with Crippen molar-refractivity contribution >= 4 is 17.5 Å². The molecule has 0 unspecified atom stereocenters. The molecule has 304 valence electrons. The number of nitrogens with one attached hydrogen (secondary N) is 2. The van der Waals surface area contributed by atoms with Gasteiger partial charge in [0.1, 0.15) is 24.5 Å². The predicted octanol–water partition coefficient (Wildman–Crippen LogP) is 4.99. The van der Waals surface area contributed by atoms with Gasteiger partial charge in [-0.3, -0.25) is 14.4 Å². The van der Waals surface area contributed by atoms with Crippen LogP contribution in [0.1, 0.15) is 62.0 Å². The first-order valence-electron chi connectivity index (χ1n) is 20.3. The number of hydroxylamine groups is 2. The number of aliphatic hydroxyl groups is 2. The molecule has 4 aliphatic rings. The average molecular weight is 770 g/mol. The first kappa shape index (κ1) is 41.6. The molecule has 11 heteroatoms. The third-order valence-electron chi connectivity index (χ3n) is 12.8. The van der Waals surface area contributed by atoms with Crippen LogP contribution in [0.4, 0.5) is 5.69 Å². The minimum Gasteiger partial charge on any atom is -0.491 e. The number of para-hydroxylation sites is 1. The van der Waals surface area contributed by atoms with E-state index < -0.39 is 24.2 Å². The van der Waals surface area contributed by atoms with Crippen LogP contribution in [0, 0.1) is 29.1 Å². The van der Waals surface area contributed by atoms with Crippen molar-refractivity contribution in [1.29, 1.82) is 0 Å². The number of hydrogen-bond acceptors (Lipinski definition) is 9. The largest absolute Gasteiger partial charge is 0.491 e. The minimum absolute atomic E-state index is 0.0333. The highest BCUT2D eigenvalue weighted by Gasteiger charge is 2.57. The van der Waals surface area contributed by atoms with Crippen molar-refractivity contribution in [2.75, 3.05) is 59.4 Å². The zero-order valence-corrected chi connectivity index (χ0v) is 34.5. The lowest BCUT2D eigenvalue weighted by Gasteiger charge is -2.62. The number of amides is 2. The number of anilines is 1. The van der Waals surface area contributed by atoms with E-state index in [-0.39, 0.29) is 36.4 Å². The highest BCUT2D eigenvalue weighted by molar-refractivity contribution is 5.97. The summed E-state index contributed by atoms with van der Waals surface area (Å²) in [5.41, 5.74) is 5.22. The molecule has 4 N–H and O–H groups in total. The van der Waals surface area contributed by atoms with Crippen LogP contribution in [-0.4, -0.2) is 111 Å². The van der Waals surface area contributed by atoms with Crippen molar-refractivity contribution in [2.24, 2.45) is 29.1 Å². The number of carbonyl (C=O) groups excluding carboxylic acids is 2. The van der Waals surface area contributed by atoms with E-state index in [0.717, 1.165) is 40.8 Å². The molecule has 0 spiro atoms. The topological polar surface area (TPSA) is 127 Å². The summed E-state index contributed by atoms with van der Waals surface area (Å²) in [6.07, 6.45) is 1.19. The molecule has 11 nitrogen and oxygen atoms in total. The molecule has 3 aromatic rings. The molecular formula is C45H63N5O6. The molecule has 4 fully saturated rings. The Morgan fingerprint density at radius 1 is 1.04 bits per heavy atom. The van der Waals surface area contributed by atoms with Crippen LogP contribution in [0.15, 0.2) is 66.7 Å². The Morgan fingerprint density at radius 3 is 2.43 bits per heavy atom. The van der Waals surface area contributed by atoms with Gasteiger partial charge in [-0.25, -0.2) is 0 Å². The summed E-state index contributed by atoms with van der Waals surface area (Å²) in [5, 5.41) is 29.6. The molecule has 0 aromatic heterocycles. The molecule has 2 bridgehead atoms. The fraction of sp³-hybridized carbons (Fsp3) is 0.556. The Kier molecular flexibility index (Phi) is 13.1. The molecule has 56 heavy (non-hydrogen) atoms. The zero-order valence-electron chi connectivity index (χ0n) is 34.5. The van der Waals surface area contributed by atoms with E-state index >= 15 is 0 Å². The lowest BCUT2D eigenvalue weighted by molar-refractivity contribution is -0.183. The van der Waals surface area contributed by atoms with Gasteiger partial charge in [0, 0.05) is 61.5 Å². The van der Waals surface area contributed by atoms with Gasteiger partial charge in [0.05, 0.1) is 19.3 Å². The second-order valence-electron chi connectivity index (χ2n) is 17.3. The third-order valence-corrected chi connectivity index (χ3v) is 12.8. The van der Waals surface area contributed by atoms with Crippen LogP contribution >= 0.6 is 0 Å². The molecular weight excluding hydrogens is 707 g/mol. The number of ether oxygens (including phenoxy) is 1. The Balaban J connectivity index is 1.31. The highest BCUT2D eigenvalue weighted by atomic mass is 16.7. The van der Waals surface area contributed by atoms with Crippen molar-refractivity contribution in [3.8, 4) is 16.9 Å². The molecule has 1 aliphatic heterocycles. The Bertz CT molecular complexity index is 1820. The predicted molar refractivity (Wildman–Crippen MR) is 220 cm³/mol. The van der Waals surface area contributed by atoms with Crippen molar-refractivity contribution in [1.82, 2.24) is 20.6 Å². The maximum Gasteiger partial charge on any atom is 0.251 e. The van der Waals surface area contributed by atoms with Crippen LogP contribution in [-0.2, 0) is 22.6 Å². The molecule has 3 aromatic carbocycles. The summed E-state index contributed by atoms with van der Waals surface area (Å²) in [6, 6.07) is 21.0. The Labute approximate surface area is 333 Å². The number of likely N-dealkylation sites (N-methyl/N-ethyl adjacent to an activating group) is 1. The van der Waals surface area contributed by atoms with Gasteiger partial charge in [0.25, 0.3) is 5.91 Å². The summed E-state index contributed by atoms with van der Waals surface area (Å²) in [7, 11) is 7.88. The molecule has 2 amide bonds. The fourth-order valence-corrected chi connectivity index (χ4v) is 9.31. The normalized spacial score (nSPS) is 26.0. The number of nitrogens with zero attached hydrogens (tertiary/aromatic N) is 3. The maximum atomic E-state index is 14.4. The maximum absolute atomic E-state index is 14.4. The summed E-state index contributed by atoms with van der Waals surface area (Å²) >= 11 is 0. The van der Waals surface area contributed by atoms with Crippen LogP contribution in [0.3, 0.4) is 0 Å². The van der Waals surface area contributed by atoms with Gasteiger partial charge < -0.3 is 35.4 Å². The van der Waals surface area contributed by atoms with Gasteiger partial charge in [-0.15, -0.1) is 0 Å². The Hall–Kier alpha value is -4.00. The summed E-state index contributed by atoms with van der Waals surface area (Å²) in [4.78, 5) is 38.4. The van der Waals surface area contributed by atoms with Crippen LogP contribution in [0.2, 0.25) is 0 Å². The average Bonchev–Trinajstić information content (AvgIpc) is 3.54. The number of aliphatic hydroxyl groups excluding tert-OH is 2. The van der Waals surface area contributed by atoms with Crippen LogP contribution in [0.5, 0.6) is 5.75 Å². The highest BCUT2D eigenvalue weighted by Crippen LogP contribution is 2.61. The number of hydrogen-bond donors (Lipinski definition) is 4. The molecule has 8 atom stereocenters.